The lowest BCUT2D eigenvalue weighted by Gasteiger charge is -2.09. The van der Waals surface area contributed by atoms with Crippen LogP contribution in [0.25, 0.3) is 0 Å². The second-order valence-corrected chi connectivity index (χ2v) is 6.46. The molecule has 1 unspecified atom stereocenters. The minimum Gasteiger partial charge on any atom is -0.351 e. The molecule has 15 heavy (non-hydrogen) atoms. The molecular weight excluding hydrogens is 294 g/mol. The van der Waals surface area contributed by atoms with Crippen molar-refractivity contribution in [2.45, 2.75) is 6.42 Å². The third-order valence-corrected chi connectivity index (χ3v) is 5.47. The van der Waals surface area contributed by atoms with Crippen LogP contribution in [-0.4, -0.2) is 24.0 Å². The first-order valence-electron chi connectivity index (χ1n) is 4.86. The number of nitrogens with one attached hydrogen (secondary N) is 1. The summed E-state index contributed by atoms with van der Waals surface area (Å²) >= 11 is 6.82. The molecule has 1 aromatic rings. The van der Waals surface area contributed by atoms with Gasteiger partial charge in [-0.05, 0) is 51.2 Å². The second-order valence-electron chi connectivity index (χ2n) is 3.54. The van der Waals surface area contributed by atoms with E-state index in [1.165, 1.54) is 29.3 Å². The maximum Gasteiger partial charge on any atom is 0.262 e. The molecule has 1 aliphatic heterocycles. The van der Waals surface area contributed by atoms with Crippen LogP contribution in [-0.2, 0) is 0 Å². The van der Waals surface area contributed by atoms with Gasteiger partial charge in [-0.2, -0.15) is 11.8 Å². The Morgan fingerprint density at radius 2 is 2.53 bits per heavy atom. The molecule has 2 heterocycles. The molecule has 2 rings (SSSR count). The topological polar surface area (TPSA) is 29.1 Å². The van der Waals surface area contributed by atoms with Gasteiger partial charge >= 0.3 is 0 Å². The van der Waals surface area contributed by atoms with E-state index in [1.807, 2.05) is 23.2 Å². The van der Waals surface area contributed by atoms with Crippen LogP contribution in [0.5, 0.6) is 0 Å². The van der Waals surface area contributed by atoms with E-state index in [4.69, 9.17) is 0 Å². The molecule has 0 spiro atoms. The lowest BCUT2D eigenvalue weighted by atomic mass is 10.1. The Morgan fingerprint density at radius 3 is 3.13 bits per heavy atom. The summed E-state index contributed by atoms with van der Waals surface area (Å²) in [5.41, 5.74) is 0. The monoisotopic (exact) mass is 305 g/mol. The minimum absolute atomic E-state index is 0.0498. The predicted octanol–water partition coefficient (Wildman–Crippen LogP) is 2.99. The molecule has 0 aliphatic carbocycles. The predicted molar refractivity (Wildman–Crippen MR) is 69.8 cm³/mol. The van der Waals surface area contributed by atoms with Crippen molar-refractivity contribution < 1.29 is 4.79 Å². The van der Waals surface area contributed by atoms with Crippen molar-refractivity contribution in [3.05, 3.63) is 20.8 Å². The molecule has 0 saturated carbocycles. The number of carbonyl (C=O) groups excluding carboxylic acids is 1. The van der Waals surface area contributed by atoms with Gasteiger partial charge in [0.05, 0.1) is 0 Å². The first-order valence-corrected chi connectivity index (χ1v) is 7.69. The quantitative estimate of drug-likeness (QED) is 0.930. The Kier molecular flexibility index (Phi) is 4.11. The van der Waals surface area contributed by atoms with E-state index in [0.29, 0.717) is 5.92 Å². The highest BCUT2D eigenvalue weighted by molar-refractivity contribution is 9.10. The van der Waals surface area contributed by atoms with Gasteiger partial charge < -0.3 is 5.32 Å². The van der Waals surface area contributed by atoms with Crippen molar-refractivity contribution in [3.8, 4) is 0 Å². The number of halogens is 1. The van der Waals surface area contributed by atoms with Gasteiger partial charge in [-0.25, -0.2) is 0 Å². The molecule has 1 amide bonds. The highest BCUT2D eigenvalue weighted by Gasteiger charge is 2.17. The van der Waals surface area contributed by atoms with E-state index < -0.39 is 0 Å². The largest absolute Gasteiger partial charge is 0.351 e. The van der Waals surface area contributed by atoms with Gasteiger partial charge in [0.2, 0.25) is 0 Å². The van der Waals surface area contributed by atoms with Crippen LogP contribution < -0.4 is 5.32 Å². The summed E-state index contributed by atoms with van der Waals surface area (Å²) in [5, 5.41) is 4.92. The number of hydrogen-bond acceptors (Lipinski definition) is 3. The summed E-state index contributed by atoms with van der Waals surface area (Å²) in [6.07, 6.45) is 1.23. The zero-order chi connectivity index (χ0) is 10.7. The lowest BCUT2D eigenvalue weighted by Crippen LogP contribution is -2.28. The molecule has 1 aliphatic rings. The smallest absolute Gasteiger partial charge is 0.262 e. The van der Waals surface area contributed by atoms with Crippen LogP contribution in [0.4, 0.5) is 0 Å². The van der Waals surface area contributed by atoms with Crippen molar-refractivity contribution >= 4 is 44.9 Å². The van der Waals surface area contributed by atoms with Gasteiger partial charge in [0, 0.05) is 11.0 Å². The first kappa shape index (κ1) is 11.5. The summed E-state index contributed by atoms with van der Waals surface area (Å²) in [6.45, 7) is 0.816. The molecule has 1 N–H and O–H groups in total. The summed E-state index contributed by atoms with van der Waals surface area (Å²) in [4.78, 5) is 12.5. The van der Waals surface area contributed by atoms with E-state index >= 15 is 0 Å². The number of hydrogen-bond donors (Lipinski definition) is 1. The summed E-state index contributed by atoms with van der Waals surface area (Å²) in [5.74, 6) is 3.14. The van der Waals surface area contributed by atoms with Crippen LogP contribution in [0.1, 0.15) is 16.1 Å². The fourth-order valence-electron chi connectivity index (χ4n) is 1.52. The van der Waals surface area contributed by atoms with Gasteiger partial charge in [-0.15, -0.1) is 11.3 Å². The zero-order valence-corrected chi connectivity index (χ0v) is 11.4. The molecule has 82 valence electrons. The van der Waals surface area contributed by atoms with Gasteiger partial charge in [-0.1, -0.05) is 0 Å². The first-order chi connectivity index (χ1) is 7.27. The van der Waals surface area contributed by atoms with Crippen LogP contribution in [0.2, 0.25) is 0 Å². The molecule has 5 heteroatoms. The number of amides is 1. The number of carbonyl (C=O) groups is 1. The highest BCUT2D eigenvalue weighted by atomic mass is 79.9. The Hall–Kier alpha value is -0.000000000000000111. The molecule has 1 atom stereocenters. The van der Waals surface area contributed by atoms with E-state index in [0.717, 1.165) is 15.9 Å². The molecule has 0 bridgehead atoms. The van der Waals surface area contributed by atoms with E-state index in [-0.39, 0.29) is 5.91 Å². The SMILES string of the molecule is O=C(NCC1CCSC1)c1sccc1Br. The van der Waals surface area contributed by atoms with Crippen LogP contribution in [0.15, 0.2) is 15.9 Å². The zero-order valence-electron chi connectivity index (χ0n) is 8.16. The van der Waals surface area contributed by atoms with Crippen molar-refractivity contribution in [2.24, 2.45) is 5.92 Å². The van der Waals surface area contributed by atoms with Gasteiger partial charge in [-0.3, -0.25) is 4.79 Å². The Balaban J connectivity index is 1.84. The fraction of sp³-hybridized carbons (Fsp3) is 0.500. The summed E-state index contributed by atoms with van der Waals surface area (Å²) in [6, 6.07) is 1.91. The number of rotatable bonds is 3. The Bertz CT molecular complexity index is 347. The average molecular weight is 306 g/mol. The van der Waals surface area contributed by atoms with Gasteiger partial charge in [0.1, 0.15) is 4.88 Å². The van der Waals surface area contributed by atoms with E-state index in [1.54, 1.807) is 0 Å². The van der Waals surface area contributed by atoms with Crippen LogP contribution in [0.3, 0.4) is 0 Å². The third-order valence-electron chi connectivity index (χ3n) is 2.40. The van der Waals surface area contributed by atoms with Crippen molar-refractivity contribution in [1.82, 2.24) is 5.32 Å². The second kappa shape index (κ2) is 5.37. The Labute approximate surface area is 106 Å². The average Bonchev–Trinajstić information content (AvgIpc) is 2.84. The fourth-order valence-corrected chi connectivity index (χ4v) is 4.27. The standard InChI is InChI=1S/C10H12BrNOS2/c11-8-2-4-15-9(8)10(13)12-5-7-1-3-14-6-7/h2,4,7H,1,3,5-6H2,(H,12,13). The van der Waals surface area contributed by atoms with Crippen molar-refractivity contribution in [3.63, 3.8) is 0 Å². The van der Waals surface area contributed by atoms with E-state index in [9.17, 15) is 4.79 Å². The molecular formula is C10H12BrNOS2. The van der Waals surface area contributed by atoms with Crippen LogP contribution in [0, 0.1) is 5.92 Å². The molecule has 0 aromatic carbocycles. The highest BCUT2D eigenvalue weighted by Crippen LogP contribution is 2.24. The normalized spacial score (nSPS) is 20.5. The van der Waals surface area contributed by atoms with Crippen molar-refractivity contribution in [2.75, 3.05) is 18.1 Å². The molecule has 1 aromatic heterocycles. The number of thioether (sulfide) groups is 1. The maximum absolute atomic E-state index is 11.7. The third kappa shape index (κ3) is 2.98. The van der Waals surface area contributed by atoms with Crippen molar-refractivity contribution in [1.29, 1.82) is 0 Å². The Morgan fingerprint density at radius 1 is 1.67 bits per heavy atom. The number of thiophene rings is 1. The molecule has 2 nitrogen and oxygen atoms in total. The molecule has 1 fully saturated rings. The summed E-state index contributed by atoms with van der Waals surface area (Å²) in [7, 11) is 0. The summed E-state index contributed by atoms with van der Waals surface area (Å²) < 4.78 is 0.894. The minimum atomic E-state index is 0.0498. The van der Waals surface area contributed by atoms with Crippen LogP contribution >= 0.6 is 39.0 Å². The maximum atomic E-state index is 11.7. The molecule has 0 radical (unpaired) electrons. The van der Waals surface area contributed by atoms with Gasteiger partial charge in [0.15, 0.2) is 0 Å². The molecule has 1 saturated heterocycles. The van der Waals surface area contributed by atoms with Gasteiger partial charge in [0.25, 0.3) is 5.91 Å². The van der Waals surface area contributed by atoms with E-state index in [2.05, 4.69) is 21.2 Å². The lowest BCUT2D eigenvalue weighted by molar-refractivity contribution is 0.0952.